The number of esters is 1. The molecule has 0 N–H and O–H groups in total. The molecule has 272 valence electrons. The summed E-state index contributed by atoms with van der Waals surface area (Å²) in [6.07, 6.45) is 24.9. The molecule has 6 nitrogen and oxygen atoms in total. The zero-order valence-corrected chi connectivity index (χ0v) is 30.7. The molecule has 6 rings (SSSR count). The van der Waals surface area contributed by atoms with Crippen molar-refractivity contribution >= 4 is 5.97 Å². The number of rotatable bonds is 14. The fraction of sp³-hybridized carbons (Fsp3) is 0.744. The fourth-order valence-corrected chi connectivity index (χ4v) is 9.59. The van der Waals surface area contributed by atoms with Gasteiger partial charge in [-0.25, -0.2) is 4.79 Å². The molecule has 6 heteroatoms. The lowest BCUT2D eigenvalue weighted by Crippen LogP contribution is -2.41. The van der Waals surface area contributed by atoms with E-state index in [0.717, 1.165) is 90.3 Å². The Morgan fingerprint density at radius 2 is 1.63 bits per heavy atom. The average Bonchev–Trinajstić information content (AvgIpc) is 3.65. The van der Waals surface area contributed by atoms with Crippen LogP contribution in [-0.2, 0) is 33.9 Å². The first-order valence-electron chi connectivity index (χ1n) is 20.1. The maximum absolute atomic E-state index is 13.6. The minimum atomic E-state index is -0.150. The molecule has 0 spiro atoms. The maximum atomic E-state index is 13.6. The van der Waals surface area contributed by atoms with Gasteiger partial charge in [0.15, 0.2) is 12.6 Å². The lowest BCUT2D eigenvalue weighted by atomic mass is 9.66. The lowest BCUT2D eigenvalue weighted by Gasteiger charge is -2.42. The summed E-state index contributed by atoms with van der Waals surface area (Å²) >= 11 is 0. The van der Waals surface area contributed by atoms with Crippen LogP contribution in [0.4, 0.5) is 0 Å². The van der Waals surface area contributed by atoms with Crippen molar-refractivity contribution in [2.45, 2.75) is 166 Å². The molecular weight excluding hydrogens is 612 g/mol. The molecule has 1 aromatic rings. The van der Waals surface area contributed by atoms with Crippen LogP contribution >= 0.6 is 0 Å². The summed E-state index contributed by atoms with van der Waals surface area (Å²) in [6, 6.07) is 10.8. The van der Waals surface area contributed by atoms with Crippen molar-refractivity contribution in [2.75, 3.05) is 13.2 Å². The molecule has 0 amide bonds. The first-order chi connectivity index (χ1) is 23.9. The highest BCUT2D eigenvalue weighted by Gasteiger charge is 2.47. The predicted molar refractivity (Wildman–Crippen MR) is 194 cm³/mol. The molecule has 1 aromatic carbocycles. The number of benzene rings is 1. The smallest absolute Gasteiger partial charge is 0.330 e. The van der Waals surface area contributed by atoms with Gasteiger partial charge in [-0.2, -0.15) is 0 Å². The Morgan fingerprint density at radius 3 is 2.37 bits per heavy atom. The quantitative estimate of drug-likeness (QED) is 0.0846. The second-order valence-corrected chi connectivity index (χ2v) is 16.2. The molecule has 3 aliphatic carbocycles. The summed E-state index contributed by atoms with van der Waals surface area (Å²) in [6.45, 7) is 8.48. The molecule has 3 saturated carbocycles. The first-order valence-corrected chi connectivity index (χ1v) is 20.1. The van der Waals surface area contributed by atoms with E-state index >= 15 is 0 Å². The van der Waals surface area contributed by atoms with Crippen LogP contribution in [0.3, 0.4) is 0 Å². The fourth-order valence-electron chi connectivity index (χ4n) is 9.59. The molecular formula is C43H64O6. The van der Waals surface area contributed by atoms with Crippen molar-refractivity contribution in [1.82, 2.24) is 0 Å². The van der Waals surface area contributed by atoms with E-state index in [1.165, 1.54) is 43.2 Å². The Bertz CT molecular complexity index is 1210. The van der Waals surface area contributed by atoms with Gasteiger partial charge in [0.1, 0.15) is 6.10 Å². The highest BCUT2D eigenvalue weighted by Crippen LogP contribution is 2.52. The third-order valence-corrected chi connectivity index (χ3v) is 12.4. The van der Waals surface area contributed by atoms with Crippen LogP contribution in [0.2, 0.25) is 0 Å². The monoisotopic (exact) mass is 676 g/mol. The minimum Gasteiger partial charge on any atom is -0.459 e. The summed E-state index contributed by atoms with van der Waals surface area (Å²) in [5, 5.41) is 0. The molecule has 2 unspecified atom stereocenters. The van der Waals surface area contributed by atoms with Gasteiger partial charge in [0, 0.05) is 31.1 Å². The van der Waals surface area contributed by atoms with Crippen molar-refractivity contribution < 1.29 is 28.5 Å². The Hall–Kier alpha value is -1.99. The zero-order chi connectivity index (χ0) is 34.1. The van der Waals surface area contributed by atoms with E-state index in [2.05, 4.69) is 63.3 Å². The van der Waals surface area contributed by atoms with Crippen molar-refractivity contribution in [2.24, 2.45) is 23.7 Å². The van der Waals surface area contributed by atoms with Gasteiger partial charge in [-0.1, -0.05) is 94.5 Å². The third-order valence-electron chi connectivity index (χ3n) is 12.4. The topological polar surface area (TPSA) is 63.2 Å². The molecule has 5 fully saturated rings. The van der Waals surface area contributed by atoms with Crippen LogP contribution in [0, 0.1) is 23.7 Å². The van der Waals surface area contributed by atoms with Gasteiger partial charge in [-0.05, 0) is 106 Å². The van der Waals surface area contributed by atoms with Crippen molar-refractivity contribution in [1.29, 1.82) is 0 Å². The Morgan fingerprint density at radius 1 is 0.898 bits per heavy atom. The maximum Gasteiger partial charge on any atom is 0.330 e. The Kier molecular flexibility index (Phi) is 13.5. The van der Waals surface area contributed by atoms with E-state index in [4.69, 9.17) is 23.7 Å². The van der Waals surface area contributed by atoms with Gasteiger partial charge >= 0.3 is 5.97 Å². The van der Waals surface area contributed by atoms with Gasteiger partial charge < -0.3 is 23.7 Å². The Labute approximate surface area is 296 Å². The van der Waals surface area contributed by atoms with Crippen LogP contribution in [0.15, 0.2) is 54.1 Å². The number of carbonyl (C=O) groups is 1. The predicted octanol–water partition coefficient (Wildman–Crippen LogP) is 10.00. The molecule has 5 aliphatic rings. The number of ether oxygens (including phenoxy) is 5. The first kappa shape index (κ1) is 36.8. The van der Waals surface area contributed by atoms with Crippen LogP contribution < -0.4 is 0 Å². The van der Waals surface area contributed by atoms with Crippen molar-refractivity contribution in [3.05, 3.63) is 59.7 Å². The normalized spacial score (nSPS) is 33.9. The molecule has 0 bridgehead atoms. The molecule has 2 heterocycles. The second-order valence-electron chi connectivity index (χ2n) is 16.2. The molecule has 9 atom stereocenters. The van der Waals surface area contributed by atoms with E-state index in [9.17, 15) is 4.79 Å². The van der Waals surface area contributed by atoms with Gasteiger partial charge in [0.25, 0.3) is 0 Å². The number of carbonyl (C=O) groups excluding carboxylic acids is 1. The molecule has 2 aliphatic heterocycles. The summed E-state index contributed by atoms with van der Waals surface area (Å²) < 4.78 is 31.7. The Balaban J connectivity index is 1.13. The molecule has 0 aromatic heterocycles. The second kappa shape index (κ2) is 18.0. The van der Waals surface area contributed by atoms with E-state index < -0.39 is 0 Å². The number of hydrogen-bond donors (Lipinski definition) is 0. The van der Waals surface area contributed by atoms with Crippen molar-refractivity contribution in [3.8, 4) is 0 Å². The summed E-state index contributed by atoms with van der Waals surface area (Å²) in [7, 11) is 0. The van der Waals surface area contributed by atoms with E-state index in [1.807, 2.05) is 6.08 Å². The van der Waals surface area contributed by atoms with E-state index in [0.29, 0.717) is 17.8 Å². The van der Waals surface area contributed by atoms with Crippen LogP contribution in [0.1, 0.15) is 135 Å². The number of unbranched alkanes of at least 4 members (excludes halogenated alkanes) is 2. The number of fused-ring (bicyclic) bond motifs is 1. The van der Waals surface area contributed by atoms with Gasteiger partial charge in [0.2, 0.25) is 0 Å². The standard InChI is InChI=1S/C43H64O6/c1-4-5-7-18-34(47-41-21-12-14-25-45-41)23-24-35-36-28-31(27-32(36)30-39(35)49-42-22-13-15-26-46-42)29-40(44)48-38-20-11-10-19-37(38)43(2,3)33-16-8-6-9-17-33/h6,8-9,16-17,23-24,29,32,34-39,41-42H,4-5,7,10-15,18-22,25-28,30H2,1-3H3/b24-23+,31-29+/t32-,34-,35+,36-,37-,38-,39+,41?,42?/m0/s1. The molecule has 49 heavy (non-hydrogen) atoms. The van der Waals surface area contributed by atoms with Crippen LogP contribution in [-0.4, -0.2) is 50.1 Å². The third kappa shape index (κ3) is 9.87. The molecule has 2 saturated heterocycles. The summed E-state index contributed by atoms with van der Waals surface area (Å²) in [5.74, 6) is 1.39. The lowest BCUT2D eigenvalue weighted by molar-refractivity contribution is -0.193. The zero-order valence-electron chi connectivity index (χ0n) is 30.7. The van der Waals surface area contributed by atoms with Crippen LogP contribution in [0.5, 0.6) is 0 Å². The van der Waals surface area contributed by atoms with E-state index in [-0.39, 0.29) is 48.2 Å². The highest BCUT2D eigenvalue weighted by molar-refractivity contribution is 5.83. The summed E-state index contributed by atoms with van der Waals surface area (Å²) in [5.41, 5.74) is 2.51. The largest absolute Gasteiger partial charge is 0.459 e. The number of allylic oxidation sites excluding steroid dienone is 1. The highest BCUT2D eigenvalue weighted by atomic mass is 16.7. The van der Waals surface area contributed by atoms with Crippen LogP contribution in [0.25, 0.3) is 0 Å². The van der Waals surface area contributed by atoms with Gasteiger partial charge in [0.05, 0.1) is 12.2 Å². The summed E-state index contributed by atoms with van der Waals surface area (Å²) in [4.78, 5) is 13.6. The molecule has 0 radical (unpaired) electrons. The van der Waals surface area contributed by atoms with Gasteiger partial charge in [-0.3, -0.25) is 0 Å². The van der Waals surface area contributed by atoms with Crippen molar-refractivity contribution in [3.63, 3.8) is 0 Å². The van der Waals surface area contributed by atoms with Gasteiger partial charge in [-0.15, -0.1) is 0 Å². The average molecular weight is 677 g/mol. The minimum absolute atomic E-state index is 0.0454. The van der Waals surface area contributed by atoms with E-state index in [1.54, 1.807) is 0 Å². The SMILES string of the molecule is CCCCC[C@@H](/C=C/[C@@H]1[C@H]2C/C(=C/C(=O)O[C@H]3CCCC[C@@H]3C(C)(C)c3ccccc3)C[C@H]2C[C@H]1OC1CCCCO1)OC1CCCCO1. The number of hydrogen-bond acceptors (Lipinski definition) is 6.